The van der Waals surface area contributed by atoms with Crippen LogP contribution in [0.5, 0.6) is 0 Å². The summed E-state index contributed by atoms with van der Waals surface area (Å²) in [5, 5.41) is 2.95. The number of H-pyrrole nitrogens is 1. The Kier molecular flexibility index (Phi) is 5.45. The number of rotatable bonds is 5. The number of carbonyl (C=O) groups is 1. The molecule has 2 rings (SSSR count). The molecule has 0 aromatic carbocycles. The number of piperidine rings is 1. The minimum Gasteiger partial charge on any atom is -0.356 e. The summed E-state index contributed by atoms with van der Waals surface area (Å²) in [5.41, 5.74) is 0.609. The van der Waals surface area contributed by atoms with E-state index in [2.05, 4.69) is 38.1 Å². The first kappa shape index (κ1) is 14.6. The Balaban J connectivity index is 1.65. The Morgan fingerprint density at radius 1 is 1.58 bits per heavy atom. The molecule has 1 aliphatic rings. The second-order valence-electron chi connectivity index (χ2n) is 5.22. The predicted molar refractivity (Wildman–Crippen MR) is 80.3 cm³/mol. The minimum absolute atomic E-state index is 0.0302. The van der Waals surface area contributed by atoms with Crippen LogP contribution >= 0.6 is 15.9 Å². The Hall–Kier alpha value is -0.810. The molecule has 1 saturated heterocycles. The quantitative estimate of drug-likeness (QED) is 0.817. The summed E-state index contributed by atoms with van der Waals surface area (Å²) in [5.74, 6) is -0.0302. The molecule has 1 aromatic rings. The van der Waals surface area contributed by atoms with Crippen LogP contribution in [0.3, 0.4) is 0 Å². The van der Waals surface area contributed by atoms with Gasteiger partial charge in [0.2, 0.25) is 0 Å². The Morgan fingerprint density at radius 3 is 3.11 bits per heavy atom. The fourth-order valence-electron chi connectivity index (χ4n) is 2.57. The molecule has 0 unspecified atom stereocenters. The summed E-state index contributed by atoms with van der Waals surface area (Å²) in [4.78, 5) is 17.3. The lowest BCUT2D eigenvalue weighted by Crippen LogP contribution is -2.39. The lowest BCUT2D eigenvalue weighted by molar-refractivity contribution is 0.0944. The summed E-state index contributed by atoms with van der Waals surface area (Å²) in [7, 11) is 0. The van der Waals surface area contributed by atoms with Crippen LogP contribution in [0.1, 0.15) is 43.1 Å². The molecule has 1 aromatic heterocycles. The molecule has 1 amide bonds. The minimum atomic E-state index is -0.0302. The average Bonchev–Trinajstić information content (AvgIpc) is 2.83. The molecule has 2 N–H and O–H groups in total. The van der Waals surface area contributed by atoms with Crippen LogP contribution in [-0.2, 0) is 0 Å². The average molecular weight is 328 g/mol. The molecule has 1 atom stereocenters. The molecule has 106 valence electrons. The lowest BCUT2D eigenvalue weighted by atomic mass is 10.0. The van der Waals surface area contributed by atoms with Crippen LogP contribution in [-0.4, -0.2) is 41.5 Å². The number of amides is 1. The number of halogens is 1. The molecule has 0 aliphatic carbocycles. The van der Waals surface area contributed by atoms with Crippen LogP contribution in [0.15, 0.2) is 16.7 Å². The van der Waals surface area contributed by atoms with E-state index < -0.39 is 0 Å². The van der Waals surface area contributed by atoms with E-state index in [0.717, 1.165) is 24.0 Å². The summed E-state index contributed by atoms with van der Waals surface area (Å²) in [6, 6.07) is 2.49. The molecule has 4 nitrogen and oxygen atoms in total. The Labute approximate surface area is 123 Å². The number of aromatic nitrogens is 1. The third-order valence-electron chi connectivity index (χ3n) is 3.74. The highest BCUT2D eigenvalue weighted by molar-refractivity contribution is 9.10. The third-order valence-corrected chi connectivity index (χ3v) is 4.20. The summed E-state index contributed by atoms with van der Waals surface area (Å²) < 4.78 is 0.903. The maximum absolute atomic E-state index is 11.8. The Bertz CT molecular complexity index is 419. The zero-order valence-corrected chi connectivity index (χ0v) is 13.0. The van der Waals surface area contributed by atoms with Crippen molar-refractivity contribution in [1.82, 2.24) is 15.2 Å². The smallest absolute Gasteiger partial charge is 0.267 e. The van der Waals surface area contributed by atoms with Crippen molar-refractivity contribution in [3.05, 3.63) is 22.4 Å². The molecule has 19 heavy (non-hydrogen) atoms. The highest BCUT2D eigenvalue weighted by Crippen LogP contribution is 2.16. The molecule has 1 aliphatic heterocycles. The summed E-state index contributed by atoms with van der Waals surface area (Å²) in [6.45, 7) is 5.32. The number of likely N-dealkylation sites (tertiary alicyclic amines) is 1. The van der Waals surface area contributed by atoms with Crippen LogP contribution < -0.4 is 5.32 Å². The van der Waals surface area contributed by atoms with E-state index in [1.165, 1.54) is 25.8 Å². The van der Waals surface area contributed by atoms with Crippen molar-refractivity contribution in [3.8, 4) is 0 Å². The van der Waals surface area contributed by atoms with Gasteiger partial charge in [0.1, 0.15) is 5.69 Å². The molecule has 0 spiro atoms. The number of aromatic amines is 1. The number of carbonyl (C=O) groups excluding carboxylic acids is 1. The maximum Gasteiger partial charge on any atom is 0.267 e. The van der Waals surface area contributed by atoms with Crippen LogP contribution in [0.4, 0.5) is 0 Å². The number of hydrogen-bond acceptors (Lipinski definition) is 2. The van der Waals surface area contributed by atoms with E-state index in [1.807, 2.05) is 0 Å². The normalized spacial score (nSPS) is 20.4. The molecular formula is C14H22BrN3O. The first-order chi connectivity index (χ1) is 9.16. The van der Waals surface area contributed by atoms with Gasteiger partial charge in [-0.1, -0.05) is 6.42 Å². The van der Waals surface area contributed by atoms with E-state index in [1.54, 1.807) is 12.3 Å². The van der Waals surface area contributed by atoms with Crippen molar-refractivity contribution in [1.29, 1.82) is 0 Å². The van der Waals surface area contributed by atoms with E-state index in [-0.39, 0.29) is 5.91 Å². The molecule has 0 saturated carbocycles. The number of nitrogens with one attached hydrogen (secondary N) is 2. The molecule has 0 bridgehead atoms. The predicted octanol–water partition coefficient (Wildman–Crippen LogP) is 2.77. The van der Waals surface area contributed by atoms with Crippen molar-refractivity contribution in [2.45, 2.75) is 38.6 Å². The van der Waals surface area contributed by atoms with E-state index in [9.17, 15) is 4.79 Å². The van der Waals surface area contributed by atoms with Crippen molar-refractivity contribution < 1.29 is 4.79 Å². The van der Waals surface area contributed by atoms with Gasteiger partial charge in [0.05, 0.1) is 0 Å². The second-order valence-corrected chi connectivity index (χ2v) is 6.14. The second kappa shape index (κ2) is 7.10. The van der Waals surface area contributed by atoms with Gasteiger partial charge < -0.3 is 15.2 Å². The standard InChI is InChI=1S/C14H22BrN3O/c1-11-5-2-3-7-18(11)8-4-6-16-14(19)13-9-12(15)10-17-13/h9-11,17H,2-8H2,1H3,(H,16,19)/t11-/m0/s1. The van der Waals surface area contributed by atoms with Gasteiger partial charge in [-0.3, -0.25) is 4.79 Å². The fraction of sp³-hybridized carbons (Fsp3) is 0.643. The van der Waals surface area contributed by atoms with Crippen LogP contribution in [0.25, 0.3) is 0 Å². The van der Waals surface area contributed by atoms with Gasteiger partial charge in [0, 0.05) is 29.8 Å². The van der Waals surface area contributed by atoms with E-state index >= 15 is 0 Å². The van der Waals surface area contributed by atoms with Gasteiger partial charge in [-0.15, -0.1) is 0 Å². The van der Waals surface area contributed by atoms with Gasteiger partial charge in [-0.25, -0.2) is 0 Å². The van der Waals surface area contributed by atoms with Crippen molar-refractivity contribution in [2.75, 3.05) is 19.6 Å². The van der Waals surface area contributed by atoms with Crippen molar-refractivity contribution >= 4 is 21.8 Å². The number of hydrogen-bond donors (Lipinski definition) is 2. The molecule has 1 fully saturated rings. The topological polar surface area (TPSA) is 48.1 Å². The highest BCUT2D eigenvalue weighted by Gasteiger charge is 2.17. The van der Waals surface area contributed by atoms with Crippen LogP contribution in [0, 0.1) is 0 Å². The highest BCUT2D eigenvalue weighted by atomic mass is 79.9. The largest absolute Gasteiger partial charge is 0.356 e. The van der Waals surface area contributed by atoms with Gasteiger partial charge in [-0.05, 0) is 54.7 Å². The van der Waals surface area contributed by atoms with Gasteiger partial charge in [0.25, 0.3) is 5.91 Å². The zero-order chi connectivity index (χ0) is 13.7. The summed E-state index contributed by atoms with van der Waals surface area (Å²) in [6.07, 6.45) is 6.76. The van der Waals surface area contributed by atoms with Gasteiger partial charge >= 0.3 is 0 Å². The Morgan fingerprint density at radius 2 is 2.42 bits per heavy atom. The summed E-state index contributed by atoms with van der Waals surface area (Å²) >= 11 is 3.32. The van der Waals surface area contributed by atoms with Crippen molar-refractivity contribution in [3.63, 3.8) is 0 Å². The lowest BCUT2D eigenvalue weighted by Gasteiger charge is -2.33. The first-order valence-corrected chi connectivity index (χ1v) is 7.82. The van der Waals surface area contributed by atoms with Crippen LogP contribution in [0.2, 0.25) is 0 Å². The molecular weight excluding hydrogens is 306 g/mol. The van der Waals surface area contributed by atoms with E-state index in [4.69, 9.17) is 0 Å². The molecule has 2 heterocycles. The maximum atomic E-state index is 11.8. The molecule has 5 heteroatoms. The third kappa shape index (κ3) is 4.35. The number of nitrogens with zero attached hydrogens (tertiary/aromatic N) is 1. The first-order valence-electron chi connectivity index (χ1n) is 7.03. The zero-order valence-electron chi connectivity index (χ0n) is 11.4. The SMILES string of the molecule is C[C@H]1CCCCN1CCCNC(=O)c1cc(Br)c[nH]1. The molecule has 0 radical (unpaired) electrons. The van der Waals surface area contributed by atoms with Gasteiger partial charge in [0.15, 0.2) is 0 Å². The van der Waals surface area contributed by atoms with E-state index in [0.29, 0.717) is 11.7 Å². The van der Waals surface area contributed by atoms with Gasteiger partial charge in [-0.2, -0.15) is 0 Å². The van der Waals surface area contributed by atoms with Crippen molar-refractivity contribution in [2.24, 2.45) is 0 Å². The monoisotopic (exact) mass is 327 g/mol. The fourth-order valence-corrected chi connectivity index (χ4v) is 2.91.